The molecule has 1 aromatic rings. The molecular formula is C10H14O3S. The molecule has 0 saturated heterocycles. The lowest BCUT2D eigenvalue weighted by Gasteiger charge is -2.17. The van der Waals surface area contributed by atoms with Crippen LogP contribution in [0.3, 0.4) is 0 Å². The van der Waals surface area contributed by atoms with Crippen LogP contribution in [0.2, 0.25) is 0 Å². The van der Waals surface area contributed by atoms with Gasteiger partial charge in [0.1, 0.15) is 0 Å². The molecule has 0 fully saturated rings. The van der Waals surface area contributed by atoms with Gasteiger partial charge < -0.3 is 5.11 Å². The van der Waals surface area contributed by atoms with Crippen molar-refractivity contribution < 1.29 is 13.5 Å². The van der Waals surface area contributed by atoms with Crippen LogP contribution in [-0.4, -0.2) is 25.0 Å². The molecule has 0 aromatic heterocycles. The third-order valence-electron chi connectivity index (χ3n) is 2.26. The van der Waals surface area contributed by atoms with Crippen molar-refractivity contribution in [1.82, 2.24) is 0 Å². The summed E-state index contributed by atoms with van der Waals surface area (Å²) in [5, 5.41) is 8.97. The van der Waals surface area contributed by atoms with Crippen molar-refractivity contribution in [2.75, 3.05) is 6.26 Å². The van der Waals surface area contributed by atoms with Crippen LogP contribution >= 0.6 is 0 Å². The first-order valence-corrected chi connectivity index (χ1v) is 6.30. The zero-order valence-electron chi connectivity index (χ0n) is 8.21. The van der Waals surface area contributed by atoms with E-state index in [1.165, 1.54) is 6.92 Å². The minimum atomic E-state index is -3.20. The summed E-state index contributed by atoms with van der Waals surface area (Å²) in [6, 6.07) is 8.79. The second-order valence-corrected chi connectivity index (χ2v) is 5.79. The molecule has 14 heavy (non-hydrogen) atoms. The number of hydrogen-bond acceptors (Lipinski definition) is 3. The SMILES string of the molecule is C[C@H]([C@H](O)c1ccccc1)S(C)(=O)=O. The number of sulfone groups is 1. The maximum absolute atomic E-state index is 11.2. The molecular weight excluding hydrogens is 200 g/mol. The maximum Gasteiger partial charge on any atom is 0.152 e. The molecule has 0 bridgehead atoms. The maximum atomic E-state index is 11.2. The highest BCUT2D eigenvalue weighted by molar-refractivity contribution is 7.91. The normalized spacial score (nSPS) is 16.2. The molecule has 0 amide bonds. The van der Waals surface area contributed by atoms with Gasteiger partial charge in [0.05, 0.1) is 11.4 Å². The molecule has 4 heteroatoms. The first-order chi connectivity index (χ1) is 6.43. The Labute approximate surface area is 84.3 Å². The van der Waals surface area contributed by atoms with E-state index in [1.807, 2.05) is 6.07 Å². The average Bonchev–Trinajstić information content (AvgIpc) is 2.15. The number of hydrogen-bond donors (Lipinski definition) is 1. The summed E-state index contributed by atoms with van der Waals surface area (Å²) in [4.78, 5) is 0. The largest absolute Gasteiger partial charge is 0.387 e. The van der Waals surface area contributed by atoms with E-state index in [9.17, 15) is 13.5 Å². The Morgan fingerprint density at radius 1 is 1.21 bits per heavy atom. The van der Waals surface area contributed by atoms with Crippen LogP contribution in [0.5, 0.6) is 0 Å². The molecule has 0 radical (unpaired) electrons. The van der Waals surface area contributed by atoms with E-state index in [-0.39, 0.29) is 0 Å². The lowest BCUT2D eigenvalue weighted by molar-refractivity contribution is 0.176. The molecule has 1 aromatic carbocycles. The van der Waals surface area contributed by atoms with Gasteiger partial charge in [0.2, 0.25) is 0 Å². The number of aliphatic hydroxyl groups excluding tert-OH is 1. The van der Waals surface area contributed by atoms with Crippen LogP contribution in [0, 0.1) is 0 Å². The molecule has 78 valence electrons. The molecule has 1 N–H and O–H groups in total. The van der Waals surface area contributed by atoms with Gasteiger partial charge in [0, 0.05) is 6.26 Å². The highest BCUT2D eigenvalue weighted by Crippen LogP contribution is 2.20. The van der Waals surface area contributed by atoms with Gasteiger partial charge in [-0.2, -0.15) is 0 Å². The van der Waals surface area contributed by atoms with Gasteiger partial charge in [0.25, 0.3) is 0 Å². The number of benzene rings is 1. The summed E-state index contributed by atoms with van der Waals surface area (Å²) >= 11 is 0. The first kappa shape index (κ1) is 11.2. The van der Waals surface area contributed by atoms with Gasteiger partial charge in [-0.25, -0.2) is 8.42 Å². The van der Waals surface area contributed by atoms with Crippen molar-refractivity contribution in [3.63, 3.8) is 0 Å². The molecule has 0 saturated carbocycles. The van der Waals surface area contributed by atoms with Crippen molar-refractivity contribution in [2.24, 2.45) is 0 Å². The second kappa shape index (κ2) is 4.11. The molecule has 0 spiro atoms. The Balaban J connectivity index is 2.92. The molecule has 0 aliphatic carbocycles. The molecule has 0 aliphatic rings. The van der Waals surface area contributed by atoms with E-state index in [2.05, 4.69) is 0 Å². The molecule has 0 heterocycles. The van der Waals surface area contributed by atoms with Gasteiger partial charge in [-0.15, -0.1) is 0 Å². The summed E-state index contributed by atoms with van der Waals surface area (Å²) in [7, 11) is -3.20. The van der Waals surface area contributed by atoms with Crippen LogP contribution in [0.15, 0.2) is 30.3 Å². The number of aliphatic hydroxyl groups is 1. The quantitative estimate of drug-likeness (QED) is 0.821. The minimum Gasteiger partial charge on any atom is -0.387 e. The van der Waals surface area contributed by atoms with Gasteiger partial charge in [-0.1, -0.05) is 30.3 Å². The van der Waals surface area contributed by atoms with Crippen LogP contribution < -0.4 is 0 Å². The first-order valence-electron chi connectivity index (χ1n) is 4.35. The Morgan fingerprint density at radius 3 is 2.14 bits per heavy atom. The summed E-state index contributed by atoms with van der Waals surface area (Å²) in [6.45, 7) is 1.51. The monoisotopic (exact) mass is 214 g/mol. The highest BCUT2D eigenvalue weighted by atomic mass is 32.2. The Hall–Kier alpha value is -0.870. The summed E-state index contributed by atoms with van der Waals surface area (Å²) in [5.41, 5.74) is 0.630. The zero-order valence-corrected chi connectivity index (χ0v) is 9.03. The van der Waals surface area contributed by atoms with Crippen LogP contribution in [0.25, 0.3) is 0 Å². The van der Waals surface area contributed by atoms with Crippen molar-refractivity contribution in [3.05, 3.63) is 35.9 Å². The Kier molecular flexibility index (Phi) is 3.29. The topological polar surface area (TPSA) is 54.4 Å². The third kappa shape index (κ3) is 2.56. The molecule has 0 aliphatic heterocycles. The third-order valence-corrected chi connectivity index (χ3v) is 3.87. The molecule has 3 nitrogen and oxygen atoms in total. The summed E-state index contributed by atoms with van der Waals surface area (Å²) < 4.78 is 22.4. The predicted octanol–water partition coefficient (Wildman–Crippen LogP) is 1.15. The summed E-state index contributed by atoms with van der Waals surface area (Å²) in [6.07, 6.45) is 0.176. The summed E-state index contributed by atoms with van der Waals surface area (Å²) in [5.74, 6) is 0. The van der Waals surface area contributed by atoms with E-state index in [1.54, 1.807) is 24.3 Å². The lowest BCUT2D eigenvalue weighted by Crippen LogP contribution is -2.24. The predicted molar refractivity (Wildman–Crippen MR) is 55.7 cm³/mol. The standard InChI is InChI=1S/C10H14O3S/c1-8(14(2,12)13)10(11)9-6-4-3-5-7-9/h3-8,10-11H,1-2H3/t8-,10+/m1/s1. The highest BCUT2D eigenvalue weighted by Gasteiger charge is 2.24. The van der Waals surface area contributed by atoms with Crippen molar-refractivity contribution in [3.8, 4) is 0 Å². The van der Waals surface area contributed by atoms with E-state index in [0.717, 1.165) is 6.26 Å². The van der Waals surface area contributed by atoms with E-state index in [0.29, 0.717) is 5.56 Å². The van der Waals surface area contributed by atoms with Gasteiger partial charge in [-0.05, 0) is 12.5 Å². The fraction of sp³-hybridized carbons (Fsp3) is 0.400. The van der Waals surface area contributed by atoms with Crippen LogP contribution in [-0.2, 0) is 9.84 Å². The van der Waals surface area contributed by atoms with Crippen molar-refractivity contribution >= 4 is 9.84 Å². The van der Waals surface area contributed by atoms with E-state index in [4.69, 9.17) is 0 Å². The van der Waals surface area contributed by atoms with Crippen LogP contribution in [0.1, 0.15) is 18.6 Å². The minimum absolute atomic E-state index is 0.630. The van der Waals surface area contributed by atoms with E-state index >= 15 is 0 Å². The lowest BCUT2D eigenvalue weighted by atomic mass is 10.1. The second-order valence-electron chi connectivity index (χ2n) is 3.39. The Morgan fingerprint density at radius 2 is 1.71 bits per heavy atom. The van der Waals surface area contributed by atoms with Gasteiger partial charge in [-0.3, -0.25) is 0 Å². The van der Waals surface area contributed by atoms with Gasteiger partial charge in [0.15, 0.2) is 9.84 Å². The van der Waals surface area contributed by atoms with Crippen LogP contribution in [0.4, 0.5) is 0 Å². The smallest absolute Gasteiger partial charge is 0.152 e. The zero-order chi connectivity index (χ0) is 10.8. The molecule has 1 rings (SSSR count). The molecule has 0 unspecified atom stereocenters. The average molecular weight is 214 g/mol. The fourth-order valence-corrected chi connectivity index (χ4v) is 1.78. The fourth-order valence-electron chi connectivity index (χ4n) is 1.16. The van der Waals surface area contributed by atoms with Gasteiger partial charge >= 0.3 is 0 Å². The molecule has 2 atom stereocenters. The Bertz CT molecular complexity index is 383. The van der Waals surface area contributed by atoms with Crippen molar-refractivity contribution in [2.45, 2.75) is 18.3 Å². The number of rotatable bonds is 3. The van der Waals surface area contributed by atoms with Crippen molar-refractivity contribution in [1.29, 1.82) is 0 Å². The van der Waals surface area contributed by atoms with E-state index < -0.39 is 21.2 Å².